The van der Waals surface area contributed by atoms with Crippen molar-refractivity contribution in [2.45, 2.75) is 36.4 Å². The predicted octanol–water partition coefficient (Wildman–Crippen LogP) is 6.19. The molecular weight excluding hydrogens is 575 g/mol. The van der Waals surface area contributed by atoms with Gasteiger partial charge in [0.2, 0.25) is 11.0 Å². The van der Waals surface area contributed by atoms with E-state index in [9.17, 15) is 14.9 Å². The van der Waals surface area contributed by atoms with E-state index in [0.29, 0.717) is 50.6 Å². The van der Waals surface area contributed by atoms with Crippen molar-refractivity contribution in [3.8, 4) is 6.07 Å². The Morgan fingerprint density at radius 3 is 2.74 bits per heavy atom. The van der Waals surface area contributed by atoms with Crippen molar-refractivity contribution < 1.29 is 9.59 Å². The number of carbonyl (C=O) groups excluding carboxylic acids is 2. The van der Waals surface area contributed by atoms with Gasteiger partial charge in [0.05, 0.1) is 33.4 Å². The number of Topliss-reactive ketones (excluding diaryl/α,β-unsaturated/α-hetero) is 1. The summed E-state index contributed by atoms with van der Waals surface area (Å²) in [7, 11) is 0. The maximum Gasteiger partial charge on any atom is 0.234 e. The fourth-order valence-electron chi connectivity index (χ4n) is 4.67. The molecular formula is C27H22Cl2N6O2S2. The van der Waals surface area contributed by atoms with E-state index in [-0.39, 0.29) is 33.9 Å². The maximum atomic E-state index is 13.3. The van der Waals surface area contributed by atoms with Crippen molar-refractivity contribution in [1.29, 1.82) is 5.26 Å². The first-order valence-corrected chi connectivity index (χ1v) is 14.6. The number of nitriles is 1. The lowest BCUT2D eigenvalue weighted by Crippen LogP contribution is -2.38. The molecule has 8 nitrogen and oxygen atoms in total. The second-order valence-electron chi connectivity index (χ2n) is 9.01. The molecule has 1 amide bonds. The molecule has 2 aromatic carbocycles. The Morgan fingerprint density at radius 1 is 1.23 bits per heavy atom. The zero-order valence-electron chi connectivity index (χ0n) is 20.7. The molecule has 2 heterocycles. The van der Waals surface area contributed by atoms with Crippen LogP contribution in [-0.4, -0.2) is 27.6 Å². The number of allylic oxidation sites excluding steroid dienone is 3. The van der Waals surface area contributed by atoms with Crippen LogP contribution in [0.3, 0.4) is 0 Å². The summed E-state index contributed by atoms with van der Waals surface area (Å²) in [6.07, 6.45) is 1.56. The number of ketones is 1. The van der Waals surface area contributed by atoms with Crippen molar-refractivity contribution in [3.05, 3.63) is 86.3 Å². The van der Waals surface area contributed by atoms with E-state index in [4.69, 9.17) is 28.9 Å². The van der Waals surface area contributed by atoms with E-state index in [1.165, 1.54) is 23.1 Å². The number of hydrogen-bond acceptors (Lipinski definition) is 9. The summed E-state index contributed by atoms with van der Waals surface area (Å²) in [5.74, 6) is -0.674. The molecule has 0 saturated carbocycles. The largest absolute Gasteiger partial charge is 0.384 e. The van der Waals surface area contributed by atoms with E-state index in [1.807, 2.05) is 31.2 Å². The van der Waals surface area contributed by atoms with Gasteiger partial charge in [-0.2, -0.15) is 5.26 Å². The zero-order valence-corrected chi connectivity index (χ0v) is 23.8. The van der Waals surface area contributed by atoms with E-state index < -0.39 is 5.92 Å². The fourth-order valence-corrected chi connectivity index (χ4v) is 6.77. The number of aromatic nitrogens is 2. The van der Waals surface area contributed by atoms with Gasteiger partial charge in [0.1, 0.15) is 5.82 Å². The van der Waals surface area contributed by atoms with Crippen LogP contribution < -0.4 is 16.0 Å². The van der Waals surface area contributed by atoms with Gasteiger partial charge in [-0.3, -0.25) is 14.5 Å². The number of anilines is 2. The third-order valence-electron chi connectivity index (χ3n) is 6.45. The second-order valence-corrected chi connectivity index (χ2v) is 12.0. The lowest BCUT2D eigenvalue weighted by atomic mass is 9.76. The van der Waals surface area contributed by atoms with Crippen LogP contribution in [-0.2, 0) is 9.59 Å². The van der Waals surface area contributed by atoms with Crippen LogP contribution in [0.1, 0.15) is 36.3 Å². The molecule has 198 valence electrons. The molecule has 12 heteroatoms. The summed E-state index contributed by atoms with van der Waals surface area (Å²) >= 11 is 15.3. The van der Waals surface area contributed by atoms with Crippen LogP contribution in [0.4, 0.5) is 10.8 Å². The van der Waals surface area contributed by atoms with Crippen LogP contribution >= 0.6 is 46.3 Å². The highest BCUT2D eigenvalue weighted by molar-refractivity contribution is 8.01. The Balaban J connectivity index is 1.44. The fraction of sp³-hybridized carbons (Fsp3) is 0.222. The van der Waals surface area contributed by atoms with Crippen molar-refractivity contribution in [3.63, 3.8) is 0 Å². The molecule has 1 aliphatic carbocycles. The third-order valence-corrected chi connectivity index (χ3v) is 9.33. The Bertz CT molecular complexity index is 1580. The number of benzene rings is 2. The molecule has 3 N–H and O–H groups in total. The monoisotopic (exact) mass is 596 g/mol. The highest BCUT2D eigenvalue weighted by Crippen LogP contribution is 2.49. The molecule has 0 bridgehead atoms. The predicted molar refractivity (Wildman–Crippen MR) is 155 cm³/mol. The van der Waals surface area contributed by atoms with Gasteiger partial charge in [0.15, 0.2) is 10.1 Å². The topological polar surface area (TPSA) is 125 Å². The van der Waals surface area contributed by atoms with Gasteiger partial charge in [0.25, 0.3) is 0 Å². The van der Waals surface area contributed by atoms with Crippen LogP contribution in [0.2, 0.25) is 10.0 Å². The molecule has 1 unspecified atom stereocenters. The number of thioether (sulfide) groups is 1. The summed E-state index contributed by atoms with van der Waals surface area (Å²) in [6, 6.07) is 14.9. The number of carbonyl (C=O) groups is 2. The average molecular weight is 598 g/mol. The highest BCUT2D eigenvalue weighted by atomic mass is 35.5. The van der Waals surface area contributed by atoms with E-state index >= 15 is 0 Å². The maximum absolute atomic E-state index is 13.3. The van der Waals surface area contributed by atoms with Crippen molar-refractivity contribution in [2.24, 2.45) is 5.73 Å². The number of nitrogens with two attached hydrogens (primary N) is 1. The Labute approximate surface area is 243 Å². The quantitative estimate of drug-likeness (QED) is 0.323. The van der Waals surface area contributed by atoms with E-state index in [2.05, 4.69) is 21.6 Å². The number of aryl methyl sites for hydroxylation is 1. The standard InChI is InChI=1S/C27H22Cl2N6O2S2/c1-14-8-10-15(11-9-14)32-21(37)13-38-27-34-33-26(39-27)35-19-6-3-7-20(36)23(19)22(17(12-30)25(35)31)16-4-2-5-18(28)24(16)29/h2,4-5,8-11,22H,3,6-7,13,31H2,1H3,(H,32,37). The highest BCUT2D eigenvalue weighted by Gasteiger charge is 2.42. The molecule has 1 aromatic heterocycles. The number of nitrogens with zero attached hydrogens (tertiary/aromatic N) is 4. The summed E-state index contributed by atoms with van der Waals surface area (Å²) in [4.78, 5) is 27.4. The Kier molecular flexibility index (Phi) is 7.96. The van der Waals surface area contributed by atoms with Gasteiger partial charge in [-0.25, -0.2) is 0 Å². The van der Waals surface area contributed by atoms with E-state index in [0.717, 1.165) is 11.3 Å². The SMILES string of the molecule is Cc1ccc(NC(=O)CSc2nnc(N3C(N)=C(C#N)C(c4cccc(Cl)c4Cl)C4=C3CCCC4=O)s2)cc1. The molecule has 0 radical (unpaired) electrons. The molecule has 1 atom stereocenters. The first kappa shape index (κ1) is 27.2. The average Bonchev–Trinajstić information content (AvgIpc) is 3.38. The molecule has 0 spiro atoms. The van der Waals surface area contributed by atoms with Crippen molar-refractivity contribution >= 4 is 68.8 Å². The summed E-state index contributed by atoms with van der Waals surface area (Å²) in [5.41, 5.74) is 10.3. The van der Waals surface area contributed by atoms with Crippen molar-refractivity contribution in [1.82, 2.24) is 10.2 Å². The number of rotatable bonds is 6. The van der Waals surface area contributed by atoms with Gasteiger partial charge in [-0.05, 0) is 43.5 Å². The minimum absolute atomic E-state index is 0.0746. The summed E-state index contributed by atoms with van der Waals surface area (Å²) in [6.45, 7) is 1.98. The van der Waals surface area contributed by atoms with Crippen LogP contribution in [0.25, 0.3) is 0 Å². The minimum Gasteiger partial charge on any atom is -0.384 e. The molecule has 2 aliphatic rings. The summed E-state index contributed by atoms with van der Waals surface area (Å²) < 4.78 is 0.555. The summed E-state index contributed by atoms with van der Waals surface area (Å²) in [5, 5.41) is 22.6. The molecule has 5 rings (SSSR count). The molecule has 1 aliphatic heterocycles. The van der Waals surface area contributed by atoms with Crippen LogP contribution in [0.5, 0.6) is 0 Å². The Hall–Kier alpha value is -3.36. The van der Waals surface area contributed by atoms with E-state index in [1.54, 1.807) is 23.1 Å². The van der Waals surface area contributed by atoms with Crippen LogP contribution in [0.15, 0.2) is 69.5 Å². The smallest absolute Gasteiger partial charge is 0.234 e. The molecule has 39 heavy (non-hydrogen) atoms. The molecule has 0 fully saturated rings. The first-order valence-electron chi connectivity index (χ1n) is 12.0. The molecule has 0 saturated heterocycles. The zero-order chi connectivity index (χ0) is 27.7. The van der Waals surface area contributed by atoms with Gasteiger partial charge in [-0.15, -0.1) is 10.2 Å². The van der Waals surface area contributed by atoms with Gasteiger partial charge in [-0.1, -0.05) is 76.1 Å². The number of amides is 1. The Morgan fingerprint density at radius 2 is 2.00 bits per heavy atom. The first-order chi connectivity index (χ1) is 18.8. The van der Waals surface area contributed by atoms with Crippen molar-refractivity contribution in [2.75, 3.05) is 16.0 Å². The number of halogens is 2. The van der Waals surface area contributed by atoms with Gasteiger partial charge < -0.3 is 11.1 Å². The van der Waals surface area contributed by atoms with Gasteiger partial charge in [0, 0.05) is 23.4 Å². The molecule has 3 aromatic rings. The third kappa shape index (κ3) is 5.40. The normalized spacial score (nSPS) is 17.2. The van der Waals surface area contributed by atoms with Crippen LogP contribution in [0, 0.1) is 18.3 Å². The number of nitrogens with one attached hydrogen (secondary N) is 1. The minimum atomic E-state index is -0.729. The number of hydrogen-bond donors (Lipinski definition) is 2. The lowest BCUT2D eigenvalue weighted by Gasteiger charge is -2.38. The van der Waals surface area contributed by atoms with Gasteiger partial charge >= 0.3 is 0 Å². The second kappa shape index (κ2) is 11.4. The lowest BCUT2D eigenvalue weighted by molar-refractivity contribution is -0.116.